The second kappa shape index (κ2) is 48.6. The van der Waals surface area contributed by atoms with Gasteiger partial charge in [-0.05, 0) is 6.42 Å². The Morgan fingerprint density at radius 3 is 0.600 bits per heavy atom. The minimum atomic E-state index is 0.527. The van der Waals surface area contributed by atoms with Crippen LogP contribution in [0.2, 0.25) is 0 Å². The number of hydrogen-bond acceptors (Lipinski definition) is 11. The maximum absolute atomic E-state index is 5.69. The highest BCUT2D eigenvalue weighted by Crippen LogP contribution is 2.13. The molecular weight excluding hydrogens is 644 g/mol. The largest absolute Gasteiger partial charge is 0.382 e. The lowest BCUT2D eigenvalue weighted by Crippen LogP contribution is -2.15. The summed E-state index contributed by atoms with van der Waals surface area (Å²) in [6, 6.07) is 0. The smallest absolute Gasteiger partial charge is 0.0701 e. The van der Waals surface area contributed by atoms with Crippen molar-refractivity contribution >= 4 is 0 Å². The summed E-state index contributed by atoms with van der Waals surface area (Å²) >= 11 is 0. The maximum atomic E-state index is 5.69. The van der Waals surface area contributed by atoms with Gasteiger partial charge in [-0.2, -0.15) is 0 Å². The second-order valence-corrected chi connectivity index (χ2v) is 12.4. The highest BCUT2D eigenvalue weighted by Gasteiger charge is 1.98. The normalized spacial score (nSPS) is 11.6. The van der Waals surface area contributed by atoms with Gasteiger partial charge in [-0.15, -0.1) is 0 Å². The van der Waals surface area contributed by atoms with E-state index in [1.165, 1.54) is 96.3 Å². The standard InChI is InChI=1S/C39H80O11/c1-3-4-5-6-7-8-9-10-11-12-13-14-15-16-17-18-19-41-22-23-43-26-27-45-30-31-47-34-35-49-38-39-50-37-36-48-33-32-46-29-28-44-25-24-42-21-20-40-2/h3-39H2,1-2H3. The first-order chi connectivity index (χ1) is 24.9. The Hall–Kier alpha value is -0.440. The molecule has 11 nitrogen and oxygen atoms in total. The molecule has 0 radical (unpaired) electrons. The lowest BCUT2D eigenvalue weighted by Gasteiger charge is -2.09. The Bertz CT molecular complexity index is 526. The van der Waals surface area contributed by atoms with Crippen molar-refractivity contribution in [1.82, 2.24) is 0 Å². The van der Waals surface area contributed by atoms with E-state index in [9.17, 15) is 0 Å². The first-order valence-corrected chi connectivity index (χ1v) is 20.2. The predicted molar refractivity (Wildman–Crippen MR) is 200 cm³/mol. The van der Waals surface area contributed by atoms with Gasteiger partial charge in [-0.1, -0.05) is 103 Å². The van der Waals surface area contributed by atoms with E-state index in [0.717, 1.165) is 13.0 Å². The van der Waals surface area contributed by atoms with Gasteiger partial charge in [0.25, 0.3) is 0 Å². The van der Waals surface area contributed by atoms with E-state index in [4.69, 9.17) is 52.1 Å². The topological polar surface area (TPSA) is 102 Å². The lowest BCUT2D eigenvalue weighted by molar-refractivity contribution is -0.0271. The summed E-state index contributed by atoms with van der Waals surface area (Å²) in [4.78, 5) is 0. The molecular formula is C39H80O11. The molecule has 0 rings (SSSR count). The highest BCUT2D eigenvalue weighted by molar-refractivity contribution is 4.50. The van der Waals surface area contributed by atoms with Crippen LogP contribution in [0.1, 0.15) is 110 Å². The molecule has 0 N–H and O–H groups in total. The zero-order valence-corrected chi connectivity index (χ0v) is 32.7. The fourth-order valence-electron chi connectivity index (χ4n) is 4.98. The third-order valence-electron chi connectivity index (χ3n) is 7.92. The fourth-order valence-corrected chi connectivity index (χ4v) is 4.98. The summed E-state index contributed by atoms with van der Waals surface area (Å²) in [5.74, 6) is 0. The van der Waals surface area contributed by atoms with Crippen LogP contribution in [0.25, 0.3) is 0 Å². The summed E-state index contributed by atoms with van der Waals surface area (Å²) in [5, 5.41) is 0. The van der Waals surface area contributed by atoms with Crippen LogP contribution < -0.4 is 0 Å². The monoisotopic (exact) mass is 725 g/mol. The molecule has 0 saturated heterocycles. The van der Waals surface area contributed by atoms with Crippen LogP contribution in [-0.4, -0.2) is 146 Å². The Balaban J connectivity index is 3.04. The quantitative estimate of drug-likeness (QED) is 0.0603. The molecule has 0 aliphatic rings. The van der Waals surface area contributed by atoms with Crippen LogP contribution >= 0.6 is 0 Å². The Morgan fingerprint density at radius 1 is 0.200 bits per heavy atom. The molecule has 0 aromatic heterocycles. The van der Waals surface area contributed by atoms with Gasteiger partial charge in [0.05, 0.1) is 132 Å². The van der Waals surface area contributed by atoms with Gasteiger partial charge < -0.3 is 52.1 Å². The number of rotatable bonds is 47. The first-order valence-electron chi connectivity index (χ1n) is 20.2. The average molecular weight is 725 g/mol. The molecule has 0 spiro atoms. The van der Waals surface area contributed by atoms with E-state index >= 15 is 0 Å². The number of hydrogen-bond donors (Lipinski definition) is 0. The van der Waals surface area contributed by atoms with Gasteiger partial charge in [0.15, 0.2) is 0 Å². The van der Waals surface area contributed by atoms with Crippen molar-refractivity contribution in [2.75, 3.05) is 146 Å². The number of unbranched alkanes of at least 4 members (excludes halogenated alkanes) is 15. The molecule has 0 bridgehead atoms. The van der Waals surface area contributed by atoms with Crippen LogP contribution in [0.3, 0.4) is 0 Å². The molecule has 0 atom stereocenters. The summed E-state index contributed by atoms with van der Waals surface area (Å²) in [7, 11) is 1.65. The fraction of sp³-hybridized carbons (Fsp3) is 1.00. The molecule has 0 heterocycles. The molecule has 0 unspecified atom stereocenters. The molecule has 0 aromatic carbocycles. The third kappa shape index (κ3) is 47.6. The molecule has 0 fully saturated rings. The van der Waals surface area contributed by atoms with Crippen LogP contribution in [0.5, 0.6) is 0 Å². The van der Waals surface area contributed by atoms with E-state index in [0.29, 0.717) is 132 Å². The van der Waals surface area contributed by atoms with E-state index in [1.54, 1.807) is 7.11 Å². The molecule has 0 aliphatic carbocycles. The van der Waals surface area contributed by atoms with Gasteiger partial charge in [-0.3, -0.25) is 0 Å². The Labute approximate surface area is 307 Å². The van der Waals surface area contributed by atoms with Crippen molar-refractivity contribution in [3.8, 4) is 0 Å². The number of ether oxygens (including phenoxy) is 11. The second-order valence-electron chi connectivity index (χ2n) is 12.4. The zero-order chi connectivity index (χ0) is 35.9. The van der Waals surface area contributed by atoms with Gasteiger partial charge >= 0.3 is 0 Å². The van der Waals surface area contributed by atoms with Crippen molar-refractivity contribution < 1.29 is 52.1 Å². The van der Waals surface area contributed by atoms with E-state index in [1.807, 2.05) is 0 Å². The van der Waals surface area contributed by atoms with E-state index in [2.05, 4.69) is 6.92 Å². The van der Waals surface area contributed by atoms with Gasteiger partial charge in [0, 0.05) is 13.7 Å². The van der Waals surface area contributed by atoms with Crippen LogP contribution in [0.15, 0.2) is 0 Å². The minimum Gasteiger partial charge on any atom is -0.382 e. The zero-order valence-electron chi connectivity index (χ0n) is 32.7. The van der Waals surface area contributed by atoms with Crippen molar-refractivity contribution in [1.29, 1.82) is 0 Å². The van der Waals surface area contributed by atoms with Crippen LogP contribution in [-0.2, 0) is 52.1 Å². The summed E-state index contributed by atoms with van der Waals surface area (Å²) in [6.07, 6.45) is 22.2. The molecule has 0 aromatic rings. The van der Waals surface area contributed by atoms with E-state index < -0.39 is 0 Å². The molecule has 302 valence electrons. The predicted octanol–water partition coefficient (Wildman–Crippen LogP) is 7.06. The van der Waals surface area contributed by atoms with Crippen LogP contribution in [0.4, 0.5) is 0 Å². The molecule has 50 heavy (non-hydrogen) atoms. The minimum absolute atomic E-state index is 0.527. The summed E-state index contributed by atoms with van der Waals surface area (Å²) in [6.45, 7) is 14.3. The van der Waals surface area contributed by atoms with Crippen molar-refractivity contribution in [3.63, 3.8) is 0 Å². The first kappa shape index (κ1) is 49.6. The maximum Gasteiger partial charge on any atom is 0.0701 e. The van der Waals surface area contributed by atoms with E-state index in [-0.39, 0.29) is 0 Å². The summed E-state index contributed by atoms with van der Waals surface area (Å²) < 4.78 is 59.9. The molecule has 0 saturated carbocycles. The Kier molecular flexibility index (Phi) is 48.1. The number of methoxy groups -OCH3 is 1. The van der Waals surface area contributed by atoms with Crippen molar-refractivity contribution in [3.05, 3.63) is 0 Å². The third-order valence-corrected chi connectivity index (χ3v) is 7.92. The SMILES string of the molecule is CCCCCCCCCCCCCCCCCCOCCOCCOCCOCCOCCOCCOCCOCCOCCOCCOC. The Morgan fingerprint density at radius 2 is 0.380 bits per heavy atom. The molecule has 0 aliphatic heterocycles. The van der Waals surface area contributed by atoms with Crippen molar-refractivity contribution in [2.45, 2.75) is 110 Å². The average Bonchev–Trinajstić information content (AvgIpc) is 3.13. The molecule has 11 heteroatoms. The van der Waals surface area contributed by atoms with Gasteiger partial charge in [0.2, 0.25) is 0 Å². The summed E-state index contributed by atoms with van der Waals surface area (Å²) in [5.41, 5.74) is 0. The van der Waals surface area contributed by atoms with Gasteiger partial charge in [0.1, 0.15) is 0 Å². The molecule has 0 amide bonds. The highest BCUT2D eigenvalue weighted by atomic mass is 16.6. The lowest BCUT2D eigenvalue weighted by atomic mass is 10.0. The van der Waals surface area contributed by atoms with Gasteiger partial charge in [-0.25, -0.2) is 0 Å². The van der Waals surface area contributed by atoms with Crippen molar-refractivity contribution in [2.24, 2.45) is 0 Å². The van der Waals surface area contributed by atoms with Crippen LogP contribution in [0, 0.1) is 0 Å².